The Morgan fingerprint density at radius 3 is 2.67 bits per heavy atom. The molecule has 7 heteroatoms. The van der Waals surface area contributed by atoms with E-state index in [2.05, 4.69) is 10.1 Å². The molecule has 0 aliphatic carbocycles. The number of ether oxygens (including phenoxy) is 1. The molecule has 0 atom stereocenters. The van der Waals surface area contributed by atoms with Gasteiger partial charge in [0.2, 0.25) is 5.95 Å². The van der Waals surface area contributed by atoms with Gasteiger partial charge in [-0.25, -0.2) is 9.78 Å². The number of carbonyl (C=O) groups is 1. The molecular formula is C17H20FN3O3. The number of aromatic carboxylic acids is 1. The van der Waals surface area contributed by atoms with Gasteiger partial charge in [-0.1, -0.05) is 13.8 Å². The molecule has 128 valence electrons. The average molecular weight is 333 g/mol. The predicted molar refractivity (Wildman–Crippen MR) is 85.6 cm³/mol. The van der Waals surface area contributed by atoms with Crippen molar-refractivity contribution in [2.24, 2.45) is 0 Å². The molecular weight excluding hydrogens is 313 g/mol. The summed E-state index contributed by atoms with van der Waals surface area (Å²) in [6.07, 6.45) is 2.71. The molecule has 1 fully saturated rings. The second-order valence-electron chi connectivity index (χ2n) is 6.23. The molecule has 1 N–H and O–H groups in total. The molecule has 1 saturated heterocycles. The van der Waals surface area contributed by atoms with Crippen LogP contribution in [0.3, 0.4) is 0 Å². The first kappa shape index (κ1) is 16.6. The minimum absolute atomic E-state index is 0.00831. The van der Waals surface area contributed by atoms with Crippen molar-refractivity contribution in [3.05, 3.63) is 35.5 Å². The largest absolute Gasteiger partial charge is 0.478 e. The number of rotatable bonds is 4. The van der Waals surface area contributed by atoms with E-state index in [1.165, 1.54) is 6.20 Å². The third-order valence-electron chi connectivity index (χ3n) is 4.28. The lowest BCUT2D eigenvalue weighted by molar-refractivity contribution is 0.0665. The molecule has 3 rings (SSSR count). The Morgan fingerprint density at radius 1 is 1.38 bits per heavy atom. The summed E-state index contributed by atoms with van der Waals surface area (Å²) >= 11 is 0. The molecule has 0 saturated carbocycles. The van der Waals surface area contributed by atoms with Crippen LogP contribution in [0.4, 0.5) is 4.39 Å². The number of nitrogens with zero attached hydrogens (tertiary/aromatic N) is 3. The van der Waals surface area contributed by atoms with Gasteiger partial charge in [0.25, 0.3) is 0 Å². The average Bonchev–Trinajstić information content (AvgIpc) is 3.00. The van der Waals surface area contributed by atoms with Crippen LogP contribution in [0.1, 0.15) is 54.7 Å². The number of pyridine rings is 1. The van der Waals surface area contributed by atoms with Crippen LogP contribution in [0, 0.1) is 5.95 Å². The van der Waals surface area contributed by atoms with Crippen LogP contribution in [0.15, 0.2) is 18.3 Å². The predicted octanol–water partition coefficient (Wildman–Crippen LogP) is 3.26. The van der Waals surface area contributed by atoms with Crippen LogP contribution in [0.5, 0.6) is 0 Å². The first-order valence-electron chi connectivity index (χ1n) is 8.04. The number of aromatic nitrogens is 3. The lowest BCUT2D eigenvalue weighted by atomic mass is 10.0. The van der Waals surface area contributed by atoms with E-state index < -0.39 is 11.9 Å². The molecule has 0 unspecified atom stereocenters. The number of halogens is 1. The number of hydrogen-bond donors (Lipinski definition) is 1. The van der Waals surface area contributed by atoms with Crippen molar-refractivity contribution in [3.8, 4) is 11.3 Å². The molecule has 6 nitrogen and oxygen atoms in total. The lowest BCUT2D eigenvalue weighted by Crippen LogP contribution is -2.21. The normalized spacial score (nSPS) is 15.8. The molecule has 3 heterocycles. The highest BCUT2D eigenvalue weighted by Gasteiger charge is 2.27. The van der Waals surface area contributed by atoms with Crippen LogP contribution in [0.2, 0.25) is 0 Å². The van der Waals surface area contributed by atoms with Gasteiger partial charge < -0.3 is 9.84 Å². The van der Waals surface area contributed by atoms with Crippen molar-refractivity contribution >= 4 is 5.97 Å². The topological polar surface area (TPSA) is 77.2 Å². The summed E-state index contributed by atoms with van der Waals surface area (Å²) in [5.74, 6) is -1.71. The van der Waals surface area contributed by atoms with Crippen LogP contribution in [0.25, 0.3) is 11.3 Å². The maximum absolute atomic E-state index is 14.6. The Kier molecular flexibility index (Phi) is 4.62. The van der Waals surface area contributed by atoms with Crippen molar-refractivity contribution < 1.29 is 19.0 Å². The van der Waals surface area contributed by atoms with Crippen molar-refractivity contribution in [3.63, 3.8) is 0 Å². The maximum Gasteiger partial charge on any atom is 0.339 e. The minimum atomic E-state index is -1.13. The highest BCUT2D eigenvalue weighted by Crippen LogP contribution is 2.32. The van der Waals surface area contributed by atoms with Crippen molar-refractivity contribution in [1.82, 2.24) is 14.8 Å². The third kappa shape index (κ3) is 3.03. The first-order chi connectivity index (χ1) is 11.5. The Labute approximate surface area is 139 Å². The summed E-state index contributed by atoms with van der Waals surface area (Å²) in [4.78, 5) is 15.5. The molecule has 0 aromatic carbocycles. The Hall–Kier alpha value is -2.28. The number of hydrogen-bond acceptors (Lipinski definition) is 4. The van der Waals surface area contributed by atoms with Crippen LogP contribution in [-0.4, -0.2) is 39.1 Å². The number of carboxylic acids is 1. The van der Waals surface area contributed by atoms with Gasteiger partial charge in [-0.3, -0.25) is 4.68 Å². The first-order valence-corrected chi connectivity index (χ1v) is 8.04. The second-order valence-corrected chi connectivity index (χ2v) is 6.23. The zero-order valence-electron chi connectivity index (χ0n) is 13.7. The maximum atomic E-state index is 14.6. The van der Waals surface area contributed by atoms with E-state index in [4.69, 9.17) is 4.74 Å². The van der Waals surface area contributed by atoms with E-state index in [0.29, 0.717) is 31.7 Å². The second kappa shape index (κ2) is 6.68. The summed E-state index contributed by atoms with van der Waals surface area (Å²) in [5, 5.41) is 13.7. The van der Waals surface area contributed by atoms with Crippen LogP contribution in [-0.2, 0) is 4.74 Å². The zero-order chi connectivity index (χ0) is 17.3. The standard InChI is InChI=1S/C17H20FN3O3/c1-10(2)14-4-3-12(16(18)20-14)15-13(17(22)23)9-19-21(15)11-5-7-24-8-6-11/h3-4,9-11H,5-8H2,1-2H3,(H,22,23). The molecule has 2 aromatic heterocycles. The van der Waals surface area contributed by atoms with Gasteiger partial charge in [-0.15, -0.1) is 0 Å². The van der Waals surface area contributed by atoms with E-state index in [0.717, 1.165) is 0 Å². The lowest BCUT2D eigenvalue weighted by Gasteiger charge is -2.24. The minimum Gasteiger partial charge on any atom is -0.478 e. The zero-order valence-corrected chi connectivity index (χ0v) is 13.7. The van der Waals surface area contributed by atoms with Crippen molar-refractivity contribution in [1.29, 1.82) is 0 Å². The van der Waals surface area contributed by atoms with Crippen LogP contribution >= 0.6 is 0 Å². The van der Waals surface area contributed by atoms with Gasteiger partial charge in [-0.05, 0) is 30.9 Å². The van der Waals surface area contributed by atoms with Crippen molar-refractivity contribution in [2.45, 2.75) is 38.6 Å². The Morgan fingerprint density at radius 2 is 2.08 bits per heavy atom. The molecule has 0 spiro atoms. The van der Waals surface area contributed by atoms with Gasteiger partial charge in [0.1, 0.15) is 5.56 Å². The summed E-state index contributed by atoms with van der Waals surface area (Å²) in [6, 6.07) is 3.32. The summed E-state index contributed by atoms with van der Waals surface area (Å²) in [7, 11) is 0. The fourth-order valence-electron chi connectivity index (χ4n) is 2.94. The van der Waals surface area contributed by atoms with Gasteiger partial charge >= 0.3 is 5.97 Å². The molecule has 0 bridgehead atoms. The molecule has 24 heavy (non-hydrogen) atoms. The molecule has 1 aliphatic heterocycles. The molecule has 2 aromatic rings. The third-order valence-corrected chi connectivity index (χ3v) is 4.28. The van der Waals surface area contributed by atoms with E-state index in [1.807, 2.05) is 13.8 Å². The number of carboxylic acid groups (broad SMARTS) is 1. The summed E-state index contributed by atoms with van der Waals surface area (Å²) < 4.78 is 21.5. The van der Waals surface area contributed by atoms with E-state index in [1.54, 1.807) is 16.8 Å². The van der Waals surface area contributed by atoms with Gasteiger partial charge in [0, 0.05) is 18.9 Å². The SMILES string of the molecule is CC(C)c1ccc(-c2c(C(=O)O)cnn2C2CCOCC2)c(F)n1. The monoisotopic (exact) mass is 333 g/mol. The van der Waals surface area contributed by atoms with Gasteiger partial charge in [0.05, 0.1) is 23.5 Å². The van der Waals surface area contributed by atoms with E-state index >= 15 is 0 Å². The fourth-order valence-corrected chi connectivity index (χ4v) is 2.94. The fraction of sp³-hybridized carbons (Fsp3) is 0.471. The molecule has 0 amide bonds. The van der Waals surface area contributed by atoms with E-state index in [9.17, 15) is 14.3 Å². The highest BCUT2D eigenvalue weighted by molar-refractivity contribution is 5.94. The van der Waals surface area contributed by atoms with Gasteiger partial charge in [-0.2, -0.15) is 9.49 Å². The summed E-state index contributed by atoms with van der Waals surface area (Å²) in [5.41, 5.74) is 1.06. The Balaban J connectivity index is 2.11. The molecule has 0 radical (unpaired) electrons. The van der Waals surface area contributed by atoms with Gasteiger partial charge in [0.15, 0.2) is 0 Å². The smallest absolute Gasteiger partial charge is 0.339 e. The van der Waals surface area contributed by atoms with E-state index in [-0.39, 0.29) is 28.8 Å². The Bertz CT molecular complexity index is 752. The summed E-state index contributed by atoms with van der Waals surface area (Å²) in [6.45, 7) is 5.02. The molecule has 1 aliphatic rings. The van der Waals surface area contributed by atoms with Crippen LogP contribution < -0.4 is 0 Å². The highest BCUT2D eigenvalue weighted by atomic mass is 19.1. The van der Waals surface area contributed by atoms with Crippen molar-refractivity contribution in [2.75, 3.05) is 13.2 Å². The quantitative estimate of drug-likeness (QED) is 0.869.